The molecular weight excluding hydrogens is 376 g/mol. The van der Waals surface area contributed by atoms with Gasteiger partial charge in [-0.25, -0.2) is 0 Å². The number of methoxy groups -OCH3 is 1. The Hall–Kier alpha value is -2.58. The summed E-state index contributed by atoms with van der Waals surface area (Å²) in [4.78, 5) is 12.3. The fraction of sp³-hybridized carbons (Fsp3) is 0.350. The number of rotatable bonds is 9. The van der Waals surface area contributed by atoms with E-state index in [1.54, 1.807) is 13.4 Å². The van der Waals surface area contributed by atoms with Crippen molar-refractivity contribution < 1.29 is 13.9 Å². The number of anilines is 1. The number of carbonyl (C=O) groups excluding carboxylic acids is 1. The molecule has 0 bridgehead atoms. The van der Waals surface area contributed by atoms with Gasteiger partial charge in [0.25, 0.3) is 0 Å². The van der Waals surface area contributed by atoms with Crippen LogP contribution in [0.1, 0.15) is 18.2 Å². The number of aromatic nitrogens is 3. The molecule has 3 aromatic rings. The van der Waals surface area contributed by atoms with Crippen LogP contribution in [0.15, 0.2) is 46.2 Å². The number of nitrogens with one attached hydrogen (secondary N) is 1. The molecule has 3 rings (SSSR count). The molecule has 0 saturated heterocycles. The molecule has 0 unspecified atom stereocenters. The summed E-state index contributed by atoms with van der Waals surface area (Å²) in [6.45, 7) is 5.09. The van der Waals surface area contributed by atoms with Crippen molar-refractivity contribution in [1.29, 1.82) is 0 Å². The number of furan rings is 1. The molecule has 2 heterocycles. The van der Waals surface area contributed by atoms with E-state index in [2.05, 4.69) is 22.4 Å². The first-order chi connectivity index (χ1) is 13.6. The number of ether oxygens (including phenoxy) is 1. The van der Waals surface area contributed by atoms with Crippen LogP contribution in [-0.4, -0.2) is 40.1 Å². The molecule has 0 aliphatic carbocycles. The monoisotopic (exact) mass is 400 g/mol. The van der Waals surface area contributed by atoms with Gasteiger partial charge < -0.3 is 14.5 Å². The Kier molecular flexibility index (Phi) is 6.89. The number of hydrogen-bond acceptors (Lipinski definition) is 6. The summed E-state index contributed by atoms with van der Waals surface area (Å²) in [5.74, 6) is 1.64. The van der Waals surface area contributed by atoms with Gasteiger partial charge in [-0.3, -0.25) is 9.36 Å². The number of aryl methyl sites for hydroxylation is 2. The van der Waals surface area contributed by atoms with E-state index >= 15 is 0 Å². The number of nitrogens with zero attached hydrogens (tertiary/aromatic N) is 3. The summed E-state index contributed by atoms with van der Waals surface area (Å²) in [6.07, 6.45) is 2.60. The average Bonchev–Trinajstić information content (AvgIpc) is 3.30. The van der Waals surface area contributed by atoms with Gasteiger partial charge in [0.05, 0.1) is 30.7 Å². The highest BCUT2D eigenvalue weighted by Crippen LogP contribution is 2.27. The number of carbonyl (C=O) groups is 1. The summed E-state index contributed by atoms with van der Waals surface area (Å²) >= 11 is 1.35. The van der Waals surface area contributed by atoms with Crippen LogP contribution in [0.2, 0.25) is 0 Å². The van der Waals surface area contributed by atoms with E-state index in [1.807, 2.05) is 41.8 Å². The van der Waals surface area contributed by atoms with Gasteiger partial charge in [0, 0.05) is 12.8 Å². The van der Waals surface area contributed by atoms with E-state index < -0.39 is 0 Å². The minimum Gasteiger partial charge on any atom is -0.469 e. The van der Waals surface area contributed by atoms with E-state index in [0.29, 0.717) is 24.1 Å². The van der Waals surface area contributed by atoms with Gasteiger partial charge in [-0.2, -0.15) is 0 Å². The summed E-state index contributed by atoms with van der Waals surface area (Å²) in [7, 11) is 1.65. The predicted molar refractivity (Wildman–Crippen MR) is 110 cm³/mol. The minimum atomic E-state index is -0.0865. The summed E-state index contributed by atoms with van der Waals surface area (Å²) in [5.41, 5.74) is 2.91. The van der Waals surface area contributed by atoms with Crippen LogP contribution in [0.25, 0.3) is 11.4 Å². The van der Waals surface area contributed by atoms with Crippen molar-refractivity contribution in [2.24, 2.45) is 0 Å². The van der Waals surface area contributed by atoms with Gasteiger partial charge in [-0.1, -0.05) is 30.8 Å². The summed E-state index contributed by atoms with van der Waals surface area (Å²) in [6, 6.07) is 9.74. The van der Waals surface area contributed by atoms with Crippen molar-refractivity contribution in [2.75, 3.05) is 24.8 Å². The van der Waals surface area contributed by atoms with Gasteiger partial charge in [0.1, 0.15) is 5.76 Å². The highest BCUT2D eigenvalue weighted by atomic mass is 32.2. The lowest BCUT2D eigenvalue weighted by Gasteiger charge is -2.09. The van der Waals surface area contributed by atoms with Crippen molar-refractivity contribution >= 4 is 23.4 Å². The normalized spacial score (nSPS) is 11.0. The first-order valence-corrected chi connectivity index (χ1v) is 10.1. The number of hydrogen-bond donors (Lipinski definition) is 1. The third-order valence-corrected chi connectivity index (χ3v) is 5.28. The SMILES string of the molecule is CCc1ccc(NC(=O)CSc2nnc(-c3ccoc3C)n2CCOC)cc1. The standard InChI is InChI=1S/C20H24N4O3S/c1-4-15-5-7-16(8-6-15)21-18(25)13-28-20-23-22-19(24(20)10-12-26-3)17-9-11-27-14(17)2/h5-9,11H,4,10,12-13H2,1-3H3,(H,21,25). The maximum absolute atomic E-state index is 12.3. The third kappa shape index (κ3) is 4.82. The molecule has 28 heavy (non-hydrogen) atoms. The molecule has 0 spiro atoms. The lowest BCUT2D eigenvalue weighted by molar-refractivity contribution is -0.113. The fourth-order valence-electron chi connectivity index (χ4n) is 2.75. The number of thioether (sulfide) groups is 1. The molecule has 1 N–H and O–H groups in total. The topological polar surface area (TPSA) is 82.2 Å². The third-order valence-electron chi connectivity index (χ3n) is 4.31. The molecule has 0 aliphatic rings. The van der Waals surface area contributed by atoms with Crippen LogP contribution in [0.3, 0.4) is 0 Å². The molecule has 2 aromatic heterocycles. The predicted octanol–water partition coefficient (Wildman–Crippen LogP) is 3.79. The zero-order chi connectivity index (χ0) is 19.9. The Morgan fingerprint density at radius 1 is 1.25 bits per heavy atom. The Morgan fingerprint density at radius 2 is 2.04 bits per heavy atom. The quantitative estimate of drug-likeness (QED) is 0.551. The zero-order valence-electron chi connectivity index (χ0n) is 16.3. The first kappa shape index (κ1) is 20.2. The molecule has 8 heteroatoms. The van der Waals surface area contributed by atoms with Crippen molar-refractivity contribution in [2.45, 2.75) is 32.0 Å². The van der Waals surface area contributed by atoms with E-state index in [1.165, 1.54) is 17.3 Å². The number of amides is 1. The molecule has 148 valence electrons. The lowest BCUT2D eigenvalue weighted by atomic mass is 10.1. The lowest BCUT2D eigenvalue weighted by Crippen LogP contribution is -2.15. The fourth-order valence-corrected chi connectivity index (χ4v) is 3.51. The minimum absolute atomic E-state index is 0.0865. The van der Waals surface area contributed by atoms with Crippen LogP contribution in [0.5, 0.6) is 0 Å². The van der Waals surface area contributed by atoms with Crippen LogP contribution in [0.4, 0.5) is 5.69 Å². The van der Waals surface area contributed by atoms with Gasteiger partial charge in [-0.15, -0.1) is 10.2 Å². The van der Waals surface area contributed by atoms with E-state index in [4.69, 9.17) is 9.15 Å². The molecule has 7 nitrogen and oxygen atoms in total. The van der Waals surface area contributed by atoms with Crippen LogP contribution < -0.4 is 5.32 Å². The Morgan fingerprint density at radius 3 is 2.68 bits per heavy atom. The molecule has 0 atom stereocenters. The molecule has 0 radical (unpaired) electrons. The second-order valence-electron chi connectivity index (χ2n) is 6.23. The highest BCUT2D eigenvalue weighted by molar-refractivity contribution is 7.99. The summed E-state index contributed by atoms with van der Waals surface area (Å²) < 4.78 is 12.5. The van der Waals surface area contributed by atoms with Crippen LogP contribution >= 0.6 is 11.8 Å². The van der Waals surface area contributed by atoms with Crippen molar-refractivity contribution in [3.8, 4) is 11.4 Å². The Balaban J connectivity index is 1.68. The molecule has 1 aromatic carbocycles. The van der Waals surface area contributed by atoms with Gasteiger partial charge >= 0.3 is 0 Å². The Labute approximate surface area is 168 Å². The average molecular weight is 401 g/mol. The van der Waals surface area contributed by atoms with Crippen molar-refractivity contribution in [3.63, 3.8) is 0 Å². The van der Waals surface area contributed by atoms with E-state index in [-0.39, 0.29) is 11.7 Å². The molecule has 0 aliphatic heterocycles. The highest BCUT2D eigenvalue weighted by Gasteiger charge is 2.18. The molecule has 0 fully saturated rings. The maximum atomic E-state index is 12.3. The smallest absolute Gasteiger partial charge is 0.234 e. The maximum Gasteiger partial charge on any atom is 0.234 e. The molecule has 0 saturated carbocycles. The van der Waals surface area contributed by atoms with Gasteiger partial charge in [0.15, 0.2) is 11.0 Å². The van der Waals surface area contributed by atoms with Gasteiger partial charge in [-0.05, 0) is 37.1 Å². The van der Waals surface area contributed by atoms with Crippen molar-refractivity contribution in [3.05, 3.63) is 47.9 Å². The summed E-state index contributed by atoms with van der Waals surface area (Å²) in [5, 5.41) is 12.1. The second-order valence-corrected chi connectivity index (χ2v) is 7.17. The zero-order valence-corrected chi connectivity index (χ0v) is 17.1. The van der Waals surface area contributed by atoms with E-state index in [0.717, 1.165) is 23.4 Å². The number of benzene rings is 1. The van der Waals surface area contributed by atoms with Crippen molar-refractivity contribution in [1.82, 2.24) is 14.8 Å². The first-order valence-electron chi connectivity index (χ1n) is 9.10. The largest absolute Gasteiger partial charge is 0.469 e. The van der Waals surface area contributed by atoms with Crippen LogP contribution in [0, 0.1) is 6.92 Å². The van der Waals surface area contributed by atoms with Crippen LogP contribution in [-0.2, 0) is 22.5 Å². The van der Waals surface area contributed by atoms with E-state index in [9.17, 15) is 4.79 Å². The second kappa shape index (κ2) is 9.57. The molecule has 1 amide bonds. The molecular formula is C20H24N4O3S. The Bertz CT molecular complexity index is 918. The van der Waals surface area contributed by atoms with Gasteiger partial charge in [0.2, 0.25) is 5.91 Å².